The van der Waals surface area contributed by atoms with E-state index >= 15 is 0 Å². The summed E-state index contributed by atoms with van der Waals surface area (Å²) in [6.07, 6.45) is -4.29. The number of hydrogen-bond donors (Lipinski definition) is 0. The largest absolute Gasteiger partial charge is 0.496 e. The molecular weight excluding hydrogens is 409 g/mol. The van der Waals surface area contributed by atoms with E-state index in [1.54, 1.807) is 26.0 Å². The molecule has 0 aliphatic rings. The fraction of sp³-hybridized carbons (Fsp3) is 0.350. The molecule has 0 radical (unpaired) electrons. The normalized spacial score (nSPS) is 11.7. The Hall–Kier alpha value is -2.48. The van der Waals surface area contributed by atoms with Gasteiger partial charge in [0.05, 0.1) is 12.7 Å². The lowest BCUT2D eigenvalue weighted by molar-refractivity contribution is -0.191. The van der Waals surface area contributed by atoms with Crippen molar-refractivity contribution >= 4 is 17.9 Å². The topological polar surface area (TPSA) is 61.8 Å². The lowest BCUT2D eigenvalue weighted by Crippen LogP contribution is -2.22. The second kappa shape index (κ2) is 12.2. The lowest BCUT2D eigenvalue weighted by atomic mass is 10.2. The standard InChI is InChI=1S/C19H21F3O3S.CO2/c1-13-10-17(8-9-18(13)24-3)26-12-16(23-2)11-25-15-6-4-14(5-7-15)19(20,21)22;2-1-3/h4-10,16H,11-12H2,1-3H3;. The number of rotatable bonds is 8. The Morgan fingerprint density at radius 2 is 1.69 bits per heavy atom. The average molecular weight is 430 g/mol. The number of carbonyl (C=O) groups excluding carboxylic acids is 2. The van der Waals surface area contributed by atoms with Crippen molar-refractivity contribution < 1.29 is 37.0 Å². The molecule has 9 heteroatoms. The van der Waals surface area contributed by atoms with Gasteiger partial charge in [-0.15, -0.1) is 11.8 Å². The molecular formula is C20H21F3O5S. The van der Waals surface area contributed by atoms with E-state index in [4.69, 9.17) is 23.8 Å². The quantitative estimate of drug-likeness (QED) is 0.570. The molecule has 2 aromatic rings. The molecule has 0 aliphatic heterocycles. The van der Waals surface area contributed by atoms with Gasteiger partial charge in [-0.1, -0.05) is 0 Å². The van der Waals surface area contributed by atoms with E-state index in [0.717, 1.165) is 28.3 Å². The van der Waals surface area contributed by atoms with Gasteiger partial charge in [-0.05, 0) is 55.0 Å². The molecule has 2 aromatic carbocycles. The molecule has 0 spiro atoms. The zero-order chi connectivity index (χ0) is 21.9. The zero-order valence-electron chi connectivity index (χ0n) is 16.1. The summed E-state index contributed by atoms with van der Waals surface area (Å²) in [7, 11) is 3.22. The summed E-state index contributed by atoms with van der Waals surface area (Å²) in [5.74, 6) is 1.87. The number of thioether (sulfide) groups is 1. The number of methoxy groups -OCH3 is 2. The maximum absolute atomic E-state index is 12.6. The van der Waals surface area contributed by atoms with Crippen molar-refractivity contribution in [1.29, 1.82) is 0 Å². The highest BCUT2D eigenvalue weighted by atomic mass is 32.2. The van der Waals surface area contributed by atoms with Crippen molar-refractivity contribution in [2.45, 2.75) is 24.1 Å². The zero-order valence-corrected chi connectivity index (χ0v) is 16.9. The van der Waals surface area contributed by atoms with Gasteiger partial charge in [-0.2, -0.15) is 22.8 Å². The minimum Gasteiger partial charge on any atom is -0.496 e. The highest BCUT2D eigenvalue weighted by molar-refractivity contribution is 7.99. The molecule has 2 rings (SSSR count). The van der Waals surface area contributed by atoms with Crippen LogP contribution in [0.3, 0.4) is 0 Å². The summed E-state index contributed by atoms with van der Waals surface area (Å²) in [6, 6.07) is 10.6. The fourth-order valence-electron chi connectivity index (χ4n) is 2.24. The van der Waals surface area contributed by atoms with Crippen molar-refractivity contribution in [3.05, 3.63) is 53.6 Å². The molecule has 1 unspecified atom stereocenters. The van der Waals surface area contributed by atoms with E-state index in [1.165, 1.54) is 12.1 Å². The summed E-state index contributed by atoms with van der Waals surface area (Å²) < 4.78 is 53.8. The third-order valence-electron chi connectivity index (χ3n) is 3.75. The molecule has 1 atom stereocenters. The summed E-state index contributed by atoms with van der Waals surface area (Å²) in [5, 5.41) is 0. The van der Waals surface area contributed by atoms with Crippen molar-refractivity contribution in [3.8, 4) is 11.5 Å². The number of hydrogen-bond acceptors (Lipinski definition) is 6. The van der Waals surface area contributed by atoms with Crippen LogP contribution in [0.1, 0.15) is 11.1 Å². The first-order valence-corrected chi connectivity index (χ1v) is 9.33. The van der Waals surface area contributed by atoms with Crippen LogP contribution in [0.25, 0.3) is 0 Å². The van der Waals surface area contributed by atoms with Gasteiger partial charge in [0, 0.05) is 17.8 Å². The molecule has 0 fully saturated rings. The first kappa shape index (κ1) is 24.6. The van der Waals surface area contributed by atoms with Gasteiger partial charge in [0.15, 0.2) is 0 Å². The Kier molecular flexibility index (Phi) is 10.3. The fourth-order valence-corrected chi connectivity index (χ4v) is 3.28. The van der Waals surface area contributed by atoms with Crippen molar-refractivity contribution in [3.63, 3.8) is 0 Å². The number of ether oxygens (including phenoxy) is 3. The van der Waals surface area contributed by atoms with Crippen LogP contribution in [0.4, 0.5) is 13.2 Å². The monoisotopic (exact) mass is 430 g/mol. The van der Waals surface area contributed by atoms with Gasteiger partial charge in [0.1, 0.15) is 24.2 Å². The van der Waals surface area contributed by atoms with Crippen LogP contribution in [0.15, 0.2) is 47.4 Å². The van der Waals surface area contributed by atoms with E-state index in [2.05, 4.69) is 0 Å². The van der Waals surface area contributed by atoms with E-state index in [-0.39, 0.29) is 18.9 Å². The van der Waals surface area contributed by atoms with Crippen molar-refractivity contribution in [2.24, 2.45) is 0 Å². The number of aryl methyl sites for hydroxylation is 1. The number of benzene rings is 2. The molecule has 0 saturated carbocycles. The lowest BCUT2D eigenvalue weighted by Gasteiger charge is -2.17. The van der Waals surface area contributed by atoms with Crippen LogP contribution in [0, 0.1) is 6.92 Å². The van der Waals surface area contributed by atoms with Crippen LogP contribution >= 0.6 is 11.8 Å². The van der Waals surface area contributed by atoms with Crippen LogP contribution < -0.4 is 9.47 Å². The van der Waals surface area contributed by atoms with Gasteiger partial charge in [0.2, 0.25) is 0 Å². The van der Waals surface area contributed by atoms with E-state index in [1.807, 2.05) is 25.1 Å². The molecule has 0 saturated heterocycles. The van der Waals surface area contributed by atoms with Gasteiger partial charge in [-0.3, -0.25) is 0 Å². The first-order valence-electron chi connectivity index (χ1n) is 8.34. The minimum atomic E-state index is -4.35. The highest BCUT2D eigenvalue weighted by Crippen LogP contribution is 2.30. The van der Waals surface area contributed by atoms with Crippen LogP contribution in [-0.2, 0) is 20.5 Å². The second-order valence-corrected chi connectivity index (χ2v) is 6.81. The molecule has 0 amide bonds. The van der Waals surface area contributed by atoms with E-state index in [9.17, 15) is 13.2 Å². The molecule has 0 heterocycles. The smallest absolute Gasteiger partial charge is 0.416 e. The SMILES string of the molecule is COc1ccc(SCC(COc2ccc(C(F)(F)F)cc2)OC)cc1C.O=C=O. The highest BCUT2D eigenvalue weighted by Gasteiger charge is 2.30. The summed E-state index contributed by atoms with van der Waals surface area (Å²) in [4.78, 5) is 17.3. The first-order chi connectivity index (χ1) is 13.7. The van der Waals surface area contributed by atoms with Crippen molar-refractivity contribution in [1.82, 2.24) is 0 Å². The molecule has 5 nitrogen and oxygen atoms in total. The van der Waals surface area contributed by atoms with Gasteiger partial charge in [-0.25, -0.2) is 0 Å². The summed E-state index contributed by atoms with van der Waals surface area (Å²) in [6.45, 7) is 2.23. The molecule has 0 aliphatic carbocycles. The number of alkyl halides is 3. The molecule has 0 N–H and O–H groups in total. The van der Waals surface area contributed by atoms with E-state index < -0.39 is 11.7 Å². The predicted molar refractivity (Wildman–Crippen MR) is 101 cm³/mol. The summed E-state index contributed by atoms with van der Waals surface area (Å²) in [5.41, 5.74) is 0.353. The Balaban J connectivity index is 0.00000132. The summed E-state index contributed by atoms with van der Waals surface area (Å²) >= 11 is 1.62. The number of halogens is 3. The Morgan fingerprint density at radius 3 is 2.17 bits per heavy atom. The third kappa shape index (κ3) is 8.60. The molecule has 158 valence electrons. The second-order valence-electron chi connectivity index (χ2n) is 5.72. The predicted octanol–water partition coefficient (Wildman–Crippen LogP) is 4.63. The van der Waals surface area contributed by atoms with Crippen LogP contribution in [-0.4, -0.2) is 38.8 Å². The van der Waals surface area contributed by atoms with Gasteiger partial charge >= 0.3 is 12.3 Å². The average Bonchev–Trinajstić information content (AvgIpc) is 2.68. The van der Waals surface area contributed by atoms with Crippen LogP contribution in [0.2, 0.25) is 0 Å². The Bertz CT molecular complexity index is 788. The molecule has 0 bridgehead atoms. The maximum atomic E-state index is 12.6. The minimum absolute atomic E-state index is 0.190. The van der Waals surface area contributed by atoms with Gasteiger partial charge < -0.3 is 14.2 Å². The maximum Gasteiger partial charge on any atom is 0.416 e. The van der Waals surface area contributed by atoms with E-state index in [0.29, 0.717) is 11.5 Å². The van der Waals surface area contributed by atoms with Gasteiger partial charge in [0.25, 0.3) is 0 Å². The van der Waals surface area contributed by atoms with Crippen molar-refractivity contribution in [2.75, 3.05) is 26.6 Å². The molecule has 29 heavy (non-hydrogen) atoms. The Labute approximate surface area is 171 Å². The Morgan fingerprint density at radius 1 is 1.07 bits per heavy atom. The third-order valence-corrected chi connectivity index (χ3v) is 4.88. The van der Waals surface area contributed by atoms with Crippen LogP contribution in [0.5, 0.6) is 11.5 Å². The molecule has 0 aromatic heterocycles.